The van der Waals surface area contributed by atoms with Gasteiger partial charge in [-0.1, -0.05) is 11.8 Å². The van der Waals surface area contributed by atoms with Gasteiger partial charge in [0.25, 0.3) is 0 Å². The lowest BCUT2D eigenvalue weighted by molar-refractivity contribution is -0.112. The summed E-state index contributed by atoms with van der Waals surface area (Å²) >= 11 is 1.57. The first-order valence-electron chi connectivity index (χ1n) is 5.64. The molecule has 2 rings (SSSR count). The second-order valence-electron chi connectivity index (χ2n) is 5.43. The van der Waals surface area contributed by atoms with E-state index in [1.165, 1.54) is 0 Å². The van der Waals surface area contributed by atoms with E-state index in [0.717, 1.165) is 25.9 Å². The summed E-state index contributed by atoms with van der Waals surface area (Å²) in [6.07, 6.45) is 2.17. The number of thioether (sulfide) groups is 1. The largest absolute Gasteiger partial charge is 0.317 e. The molecule has 0 saturated carbocycles. The molecule has 1 spiro atoms. The summed E-state index contributed by atoms with van der Waals surface area (Å²) in [6.45, 7) is 9.30. The van der Waals surface area contributed by atoms with Crippen LogP contribution in [0, 0.1) is 0 Å². The molecule has 0 aliphatic carbocycles. The van der Waals surface area contributed by atoms with Gasteiger partial charge in [-0.3, -0.25) is 9.69 Å². The third kappa shape index (κ3) is 2.08. The van der Waals surface area contributed by atoms with Crippen LogP contribution in [-0.4, -0.2) is 40.1 Å². The van der Waals surface area contributed by atoms with E-state index in [4.69, 9.17) is 0 Å². The number of hydrogen-bond donors (Lipinski definition) is 1. The Morgan fingerprint density at radius 2 is 1.93 bits per heavy atom. The van der Waals surface area contributed by atoms with Crippen molar-refractivity contribution in [1.82, 2.24) is 10.2 Å². The van der Waals surface area contributed by atoms with E-state index in [-0.39, 0.29) is 10.4 Å². The second-order valence-corrected chi connectivity index (χ2v) is 6.85. The summed E-state index contributed by atoms with van der Waals surface area (Å²) in [4.78, 5) is 14.2. The van der Waals surface area contributed by atoms with Crippen LogP contribution < -0.4 is 5.32 Å². The first-order valence-corrected chi connectivity index (χ1v) is 6.46. The van der Waals surface area contributed by atoms with Gasteiger partial charge in [0.2, 0.25) is 5.12 Å². The minimum atomic E-state index is 0.0839. The molecule has 0 amide bonds. The summed E-state index contributed by atoms with van der Waals surface area (Å²) in [6, 6.07) is 0. The maximum absolute atomic E-state index is 11.7. The molecule has 0 atom stereocenters. The Balaban J connectivity index is 2.24. The van der Waals surface area contributed by atoms with Crippen molar-refractivity contribution in [3.8, 4) is 0 Å². The SMILES string of the molecule is CC(C)(C)N1CC(=O)SC12CCNCC2. The Labute approximate surface area is 96.0 Å². The molecule has 2 aliphatic heterocycles. The third-order valence-corrected chi connectivity index (χ3v) is 4.64. The topological polar surface area (TPSA) is 32.3 Å². The van der Waals surface area contributed by atoms with Gasteiger partial charge in [0.1, 0.15) is 0 Å². The van der Waals surface area contributed by atoms with Gasteiger partial charge in [0.15, 0.2) is 0 Å². The minimum absolute atomic E-state index is 0.0839. The zero-order valence-corrected chi connectivity index (χ0v) is 10.6. The third-order valence-electron chi connectivity index (χ3n) is 3.28. The Bertz CT molecular complexity index is 266. The van der Waals surface area contributed by atoms with E-state index in [0.29, 0.717) is 11.7 Å². The fourth-order valence-corrected chi connectivity index (χ4v) is 4.08. The van der Waals surface area contributed by atoms with Gasteiger partial charge in [-0.05, 0) is 46.7 Å². The molecule has 86 valence electrons. The van der Waals surface area contributed by atoms with Gasteiger partial charge in [-0.15, -0.1) is 0 Å². The molecule has 0 unspecified atom stereocenters. The molecule has 0 radical (unpaired) electrons. The predicted octanol–water partition coefficient (Wildman–Crippen LogP) is 1.44. The number of carbonyl (C=O) groups excluding carboxylic acids is 1. The van der Waals surface area contributed by atoms with Gasteiger partial charge >= 0.3 is 0 Å². The molecule has 3 nitrogen and oxygen atoms in total. The molecule has 0 aromatic heterocycles. The smallest absolute Gasteiger partial charge is 0.204 e. The van der Waals surface area contributed by atoms with Crippen LogP contribution in [0.4, 0.5) is 0 Å². The number of rotatable bonds is 0. The van der Waals surface area contributed by atoms with Crippen LogP contribution >= 0.6 is 11.8 Å². The maximum Gasteiger partial charge on any atom is 0.204 e. The van der Waals surface area contributed by atoms with Gasteiger partial charge in [-0.25, -0.2) is 0 Å². The van der Waals surface area contributed by atoms with E-state index in [9.17, 15) is 4.79 Å². The van der Waals surface area contributed by atoms with Crippen molar-refractivity contribution in [2.75, 3.05) is 19.6 Å². The van der Waals surface area contributed by atoms with Gasteiger partial charge < -0.3 is 5.32 Å². The lowest BCUT2D eigenvalue weighted by Gasteiger charge is -2.46. The molecule has 0 aromatic carbocycles. The zero-order valence-electron chi connectivity index (χ0n) is 9.80. The Morgan fingerprint density at radius 3 is 2.47 bits per heavy atom. The van der Waals surface area contributed by atoms with Crippen LogP contribution in [0.3, 0.4) is 0 Å². The minimum Gasteiger partial charge on any atom is -0.317 e. The van der Waals surface area contributed by atoms with Crippen molar-refractivity contribution in [3.05, 3.63) is 0 Å². The molecule has 4 heteroatoms. The van der Waals surface area contributed by atoms with Gasteiger partial charge in [0.05, 0.1) is 11.4 Å². The van der Waals surface area contributed by atoms with Crippen LogP contribution in [0.1, 0.15) is 33.6 Å². The van der Waals surface area contributed by atoms with Crippen molar-refractivity contribution >= 4 is 16.9 Å². The van der Waals surface area contributed by atoms with Gasteiger partial charge in [-0.2, -0.15) is 0 Å². The normalized spacial score (nSPS) is 27.5. The highest BCUT2D eigenvalue weighted by molar-refractivity contribution is 8.15. The first-order chi connectivity index (χ1) is 6.94. The number of nitrogens with one attached hydrogen (secondary N) is 1. The Kier molecular flexibility index (Phi) is 2.86. The number of piperidine rings is 1. The standard InChI is InChI=1S/C11H20N2OS/c1-10(2,3)13-8-9(14)15-11(13)4-6-12-7-5-11/h12H,4-8H2,1-3H3. The van der Waals surface area contributed by atoms with Crippen molar-refractivity contribution in [2.24, 2.45) is 0 Å². The lowest BCUT2D eigenvalue weighted by atomic mass is 9.96. The zero-order chi connectivity index (χ0) is 11.1. The highest BCUT2D eigenvalue weighted by atomic mass is 32.2. The second kappa shape index (κ2) is 3.75. The summed E-state index contributed by atoms with van der Waals surface area (Å²) in [5, 5.41) is 3.71. The lowest BCUT2D eigenvalue weighted by Crippen LogP contribution is -2.56. The number of hydrogen-bond acceptors (Lipinski definition) is 4. The predicted molar refractivity (Wildman–Crippen MR) is 63.9 cm³/mol. The Morgan fingerprint density at radius 1 is 1.33 bits per heavy atom. The molecular weight excluding hydrogens is 208 g/mol. The van der Waals surface area contributed by atoms with Crippen LogP contribution in [-0.2, 0) is 4.79 Å². The number of nitrogens with zero attached hydrogens (tertiary/aromatic N) is 1. The van der Waals surface area contributed by atoms with Crippen molar-refractivity contribution in [2.45, 2.75) is 44.0 Å². The average molecular weight is 228 g/mol. The molecule has 2 fully saturated rings. The van der Waals surface area contributed by atoms with Crippen LogP contribution in [0.25, 0.3) is 0 Å². The molecule has 0 aromatic rings. The maximum atomic E-state index is 11.7. The summed E-state index contributed by atoms with van der Waals surface area (Å²) in [5.41, 5.74) is 0.0938. The molecule has 2 heterocycles. The van der Waals surface area contributed by atoms with E-state index in [2.05, 4.69) is 31.0 Å². The fraction of sp³-hybridized carbons (Fsp3) is 0.909. The average Bonchev–Trinajstić information content (AvgIpc) is 2.43. The van der Waals surface area contributed by atoms with E-state index < -0.39 is 0 Å². The van der Waals surface area contributed by atoms with Crippen LogP contribution in [0.2, 0.25) is 0 Å². The molecule has 0 bridgehead atoms. The first kappa shape index (κ1) is 11.4. The summed E-state index contributed by atoms with van der Waals surface area (Å²) < 4.78 is 0. The molecule has 2 aliphatic rings. The monoisotopic (exact) mass is 228 g/mol. The highest BCUT2D eigenvalue weighted by Gasteiger charge is 2.50. The Hall–Kier alpha value is -0.0600. The van der Waals surface area contributed by atoms with E-state index >= 15 is 0 Å². The van der Waals surface area contributed by atoms with E-state index in [1.807, 2.05) is 0 Å². The van der Waals surface area contributed by atoms with Crippen LogP contribution in [0.15, 0.2) is 0 Å². The number of carbonyl (C=O) groups is 1. The van der Waals surface area contributed by atoms with Crippen LogP contribution in [0.5, 0.6) is 0 Å². The van der Waals surface area contributed by atoms with Crippen molar-refractivity contribution in [1.29, 1.82) is 0 Å². The summed E-state index contributed by atoms with van der Waals surface area (Å²) in [5.74, 6) is 0. The van der Waals surface area contributed by atoms with Crippen molar-refractivity contribution < 1.29 is 4.79 Å². The molecule has 15 heavy (non-hydrogen) atoms. The van der Waals surface area contributed by atoms with Gasteiger partial charge in [0, 0.05) is 5.54 Å². The fourth-order valence-electron chi connectivity index (χ4n) is 2.61. The van der Waals surface area contributed by atoms with E-state index in [1.54, 1.807) is 11.8 Å². The molecule has 1 N–H and O–H groups in total. The van der Waals surface area contributed by atoms with Crippen molar-refractivity contribution in [3.63, 3.8) is 0 Å². The molecular formula is C11H20N2OS. The highest BCUT2D eigenvalue weighted by Crippen LogP contribution is 2.46. The molecule has 2 saturated heterocycles. The quantitative estimate of drug-likeness (QED) is 0.680. The summed E-state index contributed by atoms with van der Waals surface area (Å²) in [7, 11) is 0.